The quantitative estimate of drug-likeness (QED) is 0.237. The Kier molecular flexibility index (Phi) is 12.4. The van der Waals surface area contributed by atoms with Crippen molar-refractivity contribution in [3.63, 3.8) is 0 Å². The maximum Gasteiger partial charge on any atom is 0.309 e. The Bertz CT molecular complexity index is 864. The van der Waals surface area contributed by atoms with Crippen LogP contribution >= 0.6 is 0 Å². The molecule has 3 atom stereocenters. The number of amides is 2. The molecule has 2 rings (SSSR count). The molecule has 3 N–H and O–H groups in total. The second-order valence-electron chi connectivity index (χ2n) is 9.91. The molecule has 198 valence electrons. The highest BCUT2D eigenvalue weighted by atomic mass is 16.5. The Morgan fingerprint density at radius 3 is 2.42 bits per heavy atom. The van der Waals surface area contributed by atoms with Gasteiger partial charge in [-0.3, -0.25) is 14.4 Å². The molecule has 0 spiro atoms. The minimum atomic E-state index is -0.628. The van der Waals surface area contributed by atoms with Crippen LogP contribution in [0.15, 0.2) is 55.6 Å². The van der Waals surface area contributed by atoms with Gasteiger partial charge < -0.3 is 20.5 Å². The van der Waals surface area contributed by atoms with E-state index in [4.69, 9.17) is 4.74 Å². The fourth-order valence-corrected chi connectivity index (χ4v) is 4.66. The molecule has 36 heavy (non-hydrogen) atoms. The highest BCUT2D eigenvalue weighted by molar-refractivity contribution is 5.86. The Labute approximate surface area is 215 Å². The number of aliphatic hydroxyl groups excluding tert-OH is 1. The first-order valence-corrected chi connectivity index (χ1v) is 13.0. The molecule has 2 amide bonds. The number of nitrogens with one attached hydrogen (secondary N) is 2. The van der Waals surface area contributed by atoms with Crippen molar-refractivity contribution in [1.82, 2.24) is 10.6 Å². The zero-order valence-corrected chi connectivity index (χ0v) is 21.5. The molecule has 0 radical (unpaired) electrons. The molecule has 7 nitrogen and oxygen atoms in total. The summed E-state index contributed by atoms with van der Waals surface area (Å²) in [5.74, 6) is -1.67. The van der Waals surface area contributed by atoms with Crippen molar-refractivity contribution in [3.05, 3.63) is 61.2 Å². The van der Waals surface area contributed by atoms with Gasteiger partial charge in [0.2, 0.25) is 11.8 Å². The summed E-state index contributed by atoms with van der Waals surface area (Å²) in [5, 5.41) is 15.0. The normalized spacial score (nSPS) is 16.8. The molecule has 1 aliphatic rings. The van der Waals surface area contributed by atoms with Gasteiger partial charge in [0.1, 0.15) is 6.61 Å². The van der Waals surface area contributed by atoms with Crippen LogP contribution in [-0.2, 0) is 25.5 Å². The molecule has 0 saturated heterocycles. The Morgan fingerprint density at radius 1 is 1.11 bits per heavy atom. The van der Waals surface area contributed by atoms with Gasteiger partial charge in [-0.2, -0.15) is 0 Å². The summed E-state index contributed by atoms with van der Waals surface area (Å²) >= 11 is 0. The lowest BCUT2D eigenvalue weighted by Crippen LogP contribution is -2.52. The van der Waals surface area contributed by atoms with Crippen molar-refractivity contribution >= 4 is 17.8 Å². The number of carbonyl (C=O) groups is 3. The van der Waals surface area contributed by atoms with Gasteiger partial charge >= 0.3 is 5.97 Å². The summed E-state index contributed by atoms with van der Waals surface area (Å²) < 4.78 is 5.83. The van der Waals surface area contributed by atoms with E-state index in [0.29, 0.717) is 25.7 Å². The average molecular weight is 499 g/mol. The smallest absolute Gasteiger partial charge is 0.309 e. The van der Waals surface area contributed by atoms with E-state index < -0.39 is 11.5 Å². The Morgan fingerprint density at radius 2 is 1.81 bits per heavy atom. The van der Waals surface area contributed by atoms with Gasteiger partial charge in [-0.25, -0.2) is 0 Å². The van der Waals surface area contributed by atoms with Crippen LogP contribution in [0.5, 0.6) is 0 Å². The zero-order valence-electron chi connectivity index (χ0n) is 21.5. The molecule has 0 aliphatic heterocycles. The molecule has 0 aromatic heterocycles. The lowest BCUT2D eigenvalue weighted by molar-refractivity contribution is -0.152. The number of ether oxygens (including phenoxy) is 1. The van der Waals surface area contributed by atoms with Gasteiger partial charge in [-0.15, -0.1) is 13.2 Å². The summed E-state index contributed by atoms with van der Waals surface area (Å²) in [5.41, 5.74) is 0.449. The number of rotatable bonds is 16. The molecule has 0 bridgehead atoms. The molecule has 1 fully saturated rings. The summed E-state index contributed by atoms with van der Waals surface area (Å²) in [6.45, 7) is 9.15. The van der Waals surface area contributed by atoms with E-state index in [2.05, 4.69) is 23.8 Å². The Hall–Kier alpha value is -2.93. The maximum atomic E-state index is 13.2. The number of hydrogen-bond acceptors (Lipinski definition) is 5. The van der Waals surface area contributed by atoms with Crippen molar-refractivity contribution < 1.29 is 24.2 Å². The van der Waals surface area contributed by atoms with Crippen molar-refractivity contribution in [2.75, 3.05) is 13.2 Å². The van der Waals surface area contributed by atoms with Gasteiger partial charge in [-0.1, -0.05) is 55.3 Å². The lowest BCUT2D eigenvalue weighted by atomic mass is 9.93. The fourth-order valence-electron chi connectivity index (χ4n) is 4.66. The first-order valence-electron chi connectivity index (χ1n) is 13.0. The molecule has 7 heteroatoms. The molecule has 1 saturated carbocycles. The van der Waals surface area contributed by atoms with E-state index in [1.54, 1.807) is 19.1 Å². The third-order valence-electron chi connectivity index (χ3n) is 6.75. The molecule has 1 aliphatic carbocycles. The molecular formula is C29H42N2O5. The van der Waals surface area contributed by atoms with Crippen molar-refractivity contribution in [2.24, 2.45) is 11.8 Å². The molecule has 0 heterocycles. The number of hydrogen-bond donors (Lipinski definition) is 3. The zero-order chi connectivity index (χ0) is 26.4. The monoisotopic (exact) mass is 498 g/mol. The third kappa shape index (κ3) is 9.61. The van der Waals surface area contributed by atoms with Gasteiger partial charge in [0.25, 0.3) is 0 Å². The number of carbonyl (C=O) groups excluding carboxylic acids is 3. The minimum absolute atomic E-state index is 0.00123. The highest BCUT2D eigenvalue weighted by Crippen LogP contribution is 2.31. The van der Waals surface area contributed by atoms with Gasteiger partial charge in [0.05, 0.1) is 24.0 Å². The predicted molar refractivity (Wildman–Crippen MR) is 141 cm³/mol. The van der Waals surface area contributed by atoms with Crippen LogP contribution in [0.1, 0.15) is 63.9 Å². The summed E-state index contributed by atoms with van der Waals surface area (Å²) in [6, 6.07) is 9.49. The molecular weight excluding hydrogens is 456 g/mol. The van der Waals surface area contributed by atoms with Crippen molar-refractivity contribution in [3.8, 4) is 0 Å². The van der Waals surface area contributed by atoms with Gasteiger partial charge in [0.15, 0.2) is 0 Å². The van der Waals surface area contributed by atoms with E-state index in [9.17, 15) is 19.5 Å². The van der Waals surface area contributed by atoms with E-state index in [-0.39, 0.29) is 49.4 Å². The number of aliphatic hydroxyl groups is 1. The number of allylic oxidation sites excluding steroid dienone is 2. The SMILES string of the molecule is C=CCC[C@H](Cc1ccccc1)C(=O)OCC1(NC(=O)[C@H](CC=C)CC(=O)N[C@H](C)CO)CCCC1. The number of benzene rings is 1. The third-order valence-corrected chi connectivity index (χ3v) is 6.75. The Balaban J connectivity index is 2.03. The van der Waals surface area contributed by atoms with Crippen LogP contribution in [-0.4, -0.2) is 47.7 Å². The minimum Gasteiger partial charge on any atom is -0.463 e. The summed E-state index contributed by atoms with van der Waals surface area (Å²) in [7, 11) is 0. The van der Waals surface area contributed by atoms with Crippen LogP contribution in [0.2, 0.25) is 0 Å². The maximum absolute atomic E-state index is 13.2. The summed E-state index contributed by atoms with van der Waals surface area (Å²) in [4.78, 5) is 38.6. The number of esters is 1. The largest absolute Gasteiger partial charge is 0.463 e. The van der Waals surface area contributed by atoms with Crippen LogP contribution in [0.4, 0.5) is 0 Å². The first kappa shape index (κ1) is 29.3. The van der Waals surface area contributed by atoms with E-state index >= 15 is 0 Å². The lowest BCUT2D eigenvalue weighted by Gasteiger charge is -2.32. The van der Waals surface area contributed by atoms with Crippen LogP contribution < -0.4 is 10.6 Å². The van der Waals surface area contributed by atoms with Crippen LogP contribution in [0, 0.1) is 11.8 Å². The van der Waals surface area contributed by atoms with E-state index in [1.807, 2.05) is 30.3 Å². The molecule has 0 unspecified atom stereocenters. The standard InChI is InChI=1S/C29H42N2O5/c1-4-6-15-25(18-23-13-8-7-9-14-23)28(35)36-21-29(16-10-11-17-29)31-27(34)24(12-5-2)19-26(33)30-22(3)20-32/h4-5,7-9,13-14,22,24-25,32H,1-2,6,10-12,15-21H2,3H3,(H,30,33)(H,31,34)/t22-,24-,25-/m1/s1. The van der Waals surface area contributed by atoms with Crippen molar-refractivity contribution in [1.29, 1.82) is 0 Å². The second kappa shape index (κ2) is 15.2. The predicted octanol–water partition coefficient (Wildman–Crippen LogP) is 3.86. The highest BCUT2D eigenvalue weighted by Gasteiger charge is 2.39. The summed E-state index contributed by atoms with van der Waals surface area (Å²) in [6.07, 6.45) is 9.05. The van der Waals surface area contributed by atoms with Crippen LogP contribution in [0.3, 0.4) is 0 Å². The van der Waals surface area contributed by atoms with Gasteiger partial charge in [0, 0.05) is 12.5 Å². The van der Waals surface area contributed by atoms with E-state index in [0.717, 1.165) is 31.2 Å². The molecule has 1 aromatic carbocycles. The van der Waals surface area contributed by atoms with Gasteiger partial charge in [-0.05, 0) is 51.0 Å². The second-order valence-corrected chi connectivity index (χ2v) is 9.91. The van der Waals surface area contributed by atoms with Crippen molar-refractivity contribution in [2.45, 2.75) is 76.3 Å². The average Bonchev–Trinajstić information content (AvgIpc) is 3.33. The van der Waals surface area contributed by atoms with E-state index in [1.165, 1.54) is 0 Å². The fraction of sp³-hybridized carbons (Fsp3) is 0.552. The topological polar surface area (TPSA) is 105 Å². The first-order chi connectivity index (χ1) is 17.3. The van der Waals surface area contributed by atoms with Crippen LogP contribution in [0.25, 0.3) is 0 Å². The molecule has 1 aromatic rings.